The van der Waals surface area contributed by atoms with Crippen molar-refractivity contribution in [1.29, 1.82) is 0 Å². The van der Waals surface area contributed by atoms with Gasteiger partial charge in [0.1, 0.15) is 0 Å². The molecule has 4 heavy (non-hydrogen) atoms. The van der Waals surface area contributed by atoms with Crippen LogP contribution in [0.15, 0.2) is 0 Å². The van der Waals surface area contributed by atoms with Gasteiger partial charge in [0.25, 0.3) is 0 Å². The van der Waals surface area contributed by atoms with Crippen LogP contribution in [0.1, 0.15) is 0 Å². The van der Waals surface area contributed by atoms with Gasteiger partial charge in [0.15, 0.2) is 0 Å². The fraction of sp³-hybridized carbons (Fsp3) is 0. The monoisotopic (exact) mass is 405 g/mol. The van der Waals surface area contributed by atoms with Gasteiger partial charge in [-0.15, -0.1) is 0 Å². The van der Waals surface area contributed by atoms with Gasteiger partial charge in [-0.25, -0.2) is 0 Å². The summed E-state index contributed by atoms with van der Waals surface area (Å²) in [6, 6.07) is 0. The summed E-state index contributed by atoms with van der Waals surface area (Å²) < 4.78 is 0. The fourth-order valence-electron chi connectivity index (χ4n) is 0. The maximum atomic E-state index is 0. The predicted octanol–water partition coefficient (Wildman–Crippen LogP) is -0.883. The summed E-state index contributed by atoms with van der Waals surface area (Å²) in [4.78, 5) is 0. The Morgan fingerprint density at radius 1 is 1.00 bits per heavy atom. The second-order valence-electron chi connectivity index (χ2n) is 0. The molecule has 9 radical (unpaired) electrons. The zero-order valence-corrected chi connectivity index (χ0v) is 9.38. The second kappa shape index (κ2) is 18.7. The molecule has 0 aromatic heterocycles. The third-order valence-electron chi connectivity index (χ3n) is 0. The van der Waals surface area contributed by atoms with Crippen molar-refractivity contribution >= 4 is 51.0 Å². The molecule has 0 N–H and O–H groups in total. The predicted molar refractivity (Wildman–Crippen MR) is 12.2 cm³/mol. The molecule has 0 amide bonds. The van der Waals surface area contributed by atoms with E-state index in [1.54, 1.807) is 0 Å². The molecule has 0 aromatic rings. The van der Waals surface area contributed by atoms with Crippen molar-refractivity contribution in [3.05, 3.63) is 0 Å². The van der Waals surface area contributed by atoms with Crippen LogP contribution in [0.5, 0.6) is 0 Å². The van der Waals surface area contributed by atoms with Gasteiger partial charge in [0.2, 0.25) is 0 Å². The Kier molecular flexibility index (Phi) is 159. The van der Waals surface area contributed by atoms with Crippen LogP contribution in [0.2, 0.25) is 0 Å². The van der Waals surface area contributed by atoms with E-state index in [1.807, 2.05) is 0 Å². The van der Waals surface area contributed by atoms with Gasteiger partial charge < -0.3 is 0 Å². The molecule has 0 atom stereocenters. The molecule has 0 heterocycles. The first-order valence-corrected chi connectivity index (χ1v) is 0. The molecule has 21 valence electrons. The topological polar surface area (TPSA) is 28.5 Å². The van der Waals surface area contributed by atoms with Crippen LogP contribution in [0.25, 0.3) is 0 Å². The fourth-order valence-corrected chi connectivity index (χ4v) is 0. The summed E-state index contributed by atoms with van der Waals surface area (Å²) in [6.07, 6.45) is 0. The molecule has 0 saturated carbocycles. The molecule has 0 unspecified atom stereocenters. The zero-order chi connectivity index (χ0) is 0. The van der Waals surface area contributed by atoms with Crippen molar-refractivity contribution in [2.45, 2.75) is 0 Å². The summed E-state index contributed by atoms with van der Waals surface area (Å²) in [5.41, 5.74) is 0. The first-order chi connectivity index (χ1) is 0. The van der Waals surface area contributed by atoms with Crippen molar-refractivity contribution in [2.75, 3.05) is 0 Å². The molecule has 0 bridgehead atoms. The Labute approximate surface area is 74.0 Å². The van der Waals surface area contributed by atoms with Crippen LogP contribution in [0, 0.1) is 0 Å². The van der Waals surface area contributed by atoms with Crippen molar-refractivity contribution in [3.63, 3.8) is 0 Å². The van der Waals surface area contributed by atoms with Crippen LogP contribution in [-0.2, 0) is 24.0 Å². The van der Waals surface area contributed by atoms with Gasteiger partial charge >= 0.3 is 0 Å². The van der Waals surface area contributed by atoms with E-state index in [1.165, 1.54) is 0 Å². The minimum absolute atomic E-state index is 0. The van der Waals surface area contributed by atoms with Gasteiger partial charge in [-0.1, -0.05) is 0 Å². The SMILES string of the molecule is [O].[Pb].[Te].[V]. The Morgan fingerprint density at radius 2 is 1.00 bits per heavy atom. The van der Waals surface area contributed by atoms with E-state index in [4.69, 9.17) is 0 Å². The van der Waals surface area contributed by atoms with Crippen molar-refractivity contribution in [1.82, 2.24) is 0 Å². The standard InChI is InChI=1S/O.Pb.Te.V. The molecule has 0 fully saturated rings. The van der Waals surface area contributed by atoms with Crippen LogP contribution in [0.3, 0.4) is 0 Å². The molecule has 0 saturated heterocycles. The maximum Gasteiger partial charge on any atom is 0 e. The third-order valence-corrected chi connectivity index (χ3v) is 0. The molecule has 4 heteroatoms. The van der Waals surface area contributed by atoms with Crippen molar-refractivity contribution < 1.29 is 24.0 Å². The average Bonchev–Trinajstić information content (AvgIpc) is 0. The quantitative estimate of drug-likeness (QED) is 0.472. The first-order valence-electron chi connectivity index (χ1n) is 0. The van der Waals surface area contributed by atoms with E-state index in [0.717, 1.165) is 0 Å². The van der Waals surface area contributed by atoms with E-state index >= 15 is 0 Å². The molecular weight excluding hydrogens is 402 g/mol. The third kappa shape index (κ3) is 8.87. The number of hydrogen-bond acceptors (Lipinski definition) is 0. The largest absolute Gasteiger partial charge is 0 e. The van der Waals surface area contributed by atoms with Crippen LogP contribution >= 0.6 is 0 Å². The normalized spacial score (nSPS) is 0. The van der Waals surface area contributed by atoms with Crippen LogP contribution < -0.4 is 0 Å². The molecule has 0 aliphatic heterocycles. The molecule has 0 spiro atoms. The summed E-state index contributed by atoms with van der Waals surface area (Å²) in [7, 11) is 0. The molecule has 0 aliphatic rings. The maximum absolute atomic E-state index is 0. The minimum atomic E-state index is 0. The van der Waals surface area contributed by atoms with Gasteiger partial charge in [0.05, 0.1) is 0 Å². The Balaban J connectivity index is 0. The molecule has 0 aliphatic carbocycles. The van der Waals surface area contributed by atoms with Gasteiger partial charge in [-0.05, 0) is 0 Å². The van der Waals surface area contributed by atoms with Gasteiger partial charge in [-0.2, -0.15) is 0 Å². The molecule has 0 aromatic carbocycles. The summed E-state index contributed by atoms with van der Waals surface area (Å²) >= 11 is 0. The Bertz CT molecular complexity index is 8.00. The van der Waals surface area contributed by atoms with E-state index in [-0.39, 0.29) is 75.0 Å². The van der Waals surface area contributed by atoms with Crippen molar-refractivity contribution in [3.8, 4) is 0 Å². The van der Waals surface area contributed by atoms with E-state index in [0.29, 0.717) is 0 Å². The smallest absolute Gasteiger partial charge is 0 e. The Morgan fingerprint density at radius 3 is 1.00 bits per heavy atom. The molecular formula is OPbTeV. The number of rotatable bonds is 0. The van der Waals surface area contributed by atoms with E-state index < -0.39 is 0 Å². The Hall–Kier alpha value is 2.26. The van der Waals surface area contributed by atoms with Gasteiger partial charge in [-0.3, -0.25) is 0 Å². The summed E-state index contributed by atoms with van der Waals surface area (Å²) in [5.74, 6) is 0. The summed E-state index contributed by atoms with van der Waals surface area (Å²) in [5, 5.41) is 0. The van der Waals surface area contributed by atoms with Crippen molar-refractivity contribution in [2.24, 2.45) is 0 Å². The number of hydrogen-bond donors (Lipinski definition) is 0. The van der Waals surface area contributed by atoms with Crippen LogP contribution in [0.4, 0.5) is 0 Å². The van der Waals surface area contributed by atoms with E-state index in [9.17, 15) is 0 Å². The molecule has 0 rings (SSSR count). The second-order valence-corrected chi connectivity index (χ2v) is 0. The van der Waals surface area contributed by atoms with Gasteiger partial charge in [0, 0.05) is 75.0 Å². The van der Waals surface area contributed by atoms with E-state index in [2.05, 4.69) is 0 Å². The summed E-state index contributed by atoms with van der Waals surface area (Å²) in [6.45, 7) is 0. The first kappa shape index (κ1) is 34.0. The minimum Gasteiger partial charge on any atom is 0 e. The van der Waals surface area contributed by atoms with Crippen LogP contribution in [-0.4, -0.2) is 51.0 Å². The average molecular weight is 402 g/mol. The molecule has 1 nitrogen and oxygen atoms in total. The zero-order valence-electron chi connectivity index (χ0n) is 1.76.